The van der Waals surface area contributed by atoms with Crippen molar-refractivity contribution < 1.29 is 19.4 Å². The SMILES string of the molecule is COc1ccc(Nc2cc(N3CCC(C(=O)O)CC3)ncn2)cc1OC. The molecule has 0 unspecified atom stereocenters. The molecule has 3 rings (SSSR count). The summed E-state index contributed by atoms with van der Waals surface area (Å²) < 4.78 is 10.5. The number of carbonyl (C=O) groups is 1. The van der Waals surface area contributed by atoms with Gasteiger partial charge in [0.05, 0.1) is 20.1 Å². The van der Waals surface area contributed by atoms with Gasteiger partial charge >= 0.3 is 5.97 Å². The summed E-state index contributed by atoms with van der Waals surface area (Å²) in [4.78, 5) is 21.7. The Morgan fingerprint density at radius 1 is 1.15 bits per heavy atom. The van der Waals surface area contributed by atoms with Crippen LogP contribution in [0, 0.1) is 5.92 Å². The molecule has 1 aromatic carbocycles. The first-order chi connectivity index (χ1) is 12.6. The molecule has 1 aliphatic heterocycles. The molecule has 1 aliphatic rings. The number of carboxylic acids is 1. The van der Waals surface area contributed by atoms with Crippen LogP contribution in [0.15, 0.2) is 30.6 Å². The average Bonchev–Trinajstić information content (AvgIpc) is 2.68. The number of benzene rings is 1. The zero-order chi connectivity index (χ0) is 18.5. The monoisotopic (exact) mass is 358 g/mol. The van der Waals surface area contributed by atoms with E-state index in [9.17, 15) is 4.79 Å². The van der Waals surface area contributed by atoms with Crippen molar-refractivity contribution in [2.75, 3.05) is 37.5 Å². The van der Waals surface area contributed by atoms with Crippen molar-refractivity contribution in [1.29, 1.82) is 0 Å². The Kier molecular flexibility index (Phi) is 5.40. The normalized spacial score (nSPS) is 14.8. The number of rotatable bonds is 6. The van der Waals surface area contributed by atoms with E-state index >= 15 is 0 Å². The van der Waals surface area contributed by atoms with Crippen LogP contribution in [-0.4, -0.2) is 48.4 Å². The number of hydrogen-bond donors (Lipinski definition) is 2. The Morgan fingerprint density at radius 3 is 2.54 bits per heavy atom. The number of ether oxygens (including phenoxy) is 2. The number of anilines is 3. The van der Waals surface area contributed by atoms with E-state index in [1.165, 1.54) is 6.33 Å². The first-order valence-electron chi connectivity index (χ1n) is 8.39. The summed E-state index contributed by atoms with van der Waals surface area (Å²) in [5.74, 6) is 1.74. The van der Waals surface area contributed by atoms with E-state index < -0.39 is 5.97 Å². The molecule has 2 N–H and O–H groups in total. The molecule has 0 spiro atoms. The lowest BCUT2D eigenvalue weighted by Gasteiger charge is -2.31. The van der Waals surface area contributed by atoms with E-state index in [0.29, 0.717) is 43.2 Å². The second-order valence-electron chi connectivity index (χ2n) is 6.06. The van der Waals surface area contributed by atoms with Crippen molar-refractivity contribution in [3.8, 4) is 11.5 Å². The van der Waals surface area contributed by atoms with Crippen LogP contribution in [0.25, 0.3) is 0 Å². The fourth-order valence-electron chi connectivity index (χ4n) is 3.01. The molecule has 1 fully saturated rings. The van der Waals surface area contributed by atoms with Gasteiger partial charge in [-0.15, -0.1) is 0 Å². The van der Waals surface area contributed by atoms with Crippen LogP contribution in [0.4, 0.5) is 17.3 Å². The van der Waals surface area contributed by atoms with Crippen LogP contribution in [0.2, 0.25) is 0 Å². The van der Waals surface area contributed by atoms with Gasteiger partial charge in [-0.1, -0.05) is 0 Å². The Bertz CT molecular complexity index is 776. The minimum atomic E-state index is -0.719. The molecule has 8 heteroatoms. The molecule has 0 atom stereocenters. The number of hydrogen-bond acceptors (Lipinski definition) is 7. The van der Waals surface area contributed by atoms with Crippen molar-refractivity contribution in [2.24, 2.45) is 5.92 Å². The molecule has 26 heavy (non-hydrogen) atoms. The van der Waals surface area contributed by atoms with Gasteiger partial charge in [0.2, 0.25) is 0 Å². The Hall–Kier alpha value is -3.03. The standard InChI is InChI=1S/C18H22N4O4/c1-25-14-4-3-13(9-15(14)26-2)21-16-10-17(20-11-19-16)22-7-5-12(6-8-22)18(23)24/h3-4,9-12H,5-8H2,1-2H3,(H,23,24)(H,19,20,21). The van der Waals surface area contributed by atoms with Crippen molar-refractivity contribution in [3.05, 3.63) is 30.6 Å². The zero-order valence-electron chi connectivity index (χ0n) is 14.8. The second-order valence-corrected chi connectivity index (χ2v) is 6.06. The molecule has 0 radical (unpaired) electrons. The smallest absolute Gasteiger partial charge is 0.306 e. The molecule has 0 bridgehead atoms. The Balaban J connectivity index is 1.71. The summed E-state index contributed by atoms with van der Waals surface area (Å²) in [6.07, 6.45) is 2.75. The molecule has 2 heterocycles. The highest BCUT2D eigenvalue weighted by molar-refractivity contribution is 5.70. The minimum Gasteiger partial charge on any atom is -0.493 e. The van der Waals surface area contributed by atoms with Crippen molar-refractivity contribution in [3.63, 3.8) is 0 Å². The Morgan fingerprint density at radius 2 is 1.88 bits per heavy atom. The summed E-state index contributed by atoms with van der Waals surface area (Å²) in [5, 5.41) is 12.3. The van der Waals surface area contributed by atoms with Crippen LogP contribution < -0.4 is 19.7 Å². The van der Waals surface area contributed by atoms with Gasteiger partial charge in [-0.05, 0) is 25.0 Å². The fraction of sp³-hybridized carbons (Fsp3) is 0.389. The van der Waals surface area contributed by atoms with E-state index in [2.05, 4.69) is 20.2 Å². The van der Waals surface area contributed by atoms with Crippen LogP contribution in [0.1, 0.15) is 12.8 Å². The lowest BCUT2D eigenvalue weighted by Crippen LogP contribution is -2.36. The minimum absolute atomic E-state index is 0.266. The topological polar surface area (TPSA) is 96.8 Å². The summed E-state index contributed by atoms with van der Waals surface area (Å²) in [5.41, 5.74) is 0.817. The first-order valence-corrected chi connectivity index (χ1v) is 8.39. The van der Waals surface area contributed by atoms with Gasteiger partial charge in [0, 0.05) is 30.9 Å². The molecule has 1 aromatic heterocycles. The third-order valence-corrected chi connectivity index (χ3v) is 4.48. The molecular formula is C18H22N4O4. The second kappa shape index (κ2) is 7.90. The average molecular weight is 358 g/mol. The maximum Gasteiger partial charge on any atom is 0.306 e. The van der Waals surface area contributed by atoms with Gasteiger partial charge < -0.3 is 24.8 Å². The van der Waals surface area contributed by atoms with E-state index in [1.54, 1.807) is 14.2 Å². The molecule has 138 valence electrons. The molecule has 0 amide bonds. The molecule has 0 saturated carbocycles. The maximum atomic E-state index is 11.1. The van der Waals surface area contributed by atoms with Gasteiger partial charge in [0.1, 0.15) is 18.0 Å². The first kappa shape index (κ1) is 17.8. The maximum absolute atomic E-state index is 11.1. The third-order valence-electron chi connectivity index (χ3n) is 4.48. The van der Waals surface area contributed by atoms with Gasteiger partial charge in [0.15, 0.2) is 11.5 Å². The third kappa shape index (κ3) is 3.96. The number of methoxy groups -OCH3 is 2. The lowest BCUT2D eigenvalue weighted by atomic mass is 9.97. The van der Waals surface area contributed by atoms with Crippen LogP contribution in [0.5, 0.6) is 11.5 Å². The molecule has 1 saturated heterocycles. The number of nitrogens with one attached hydrogen (secondary N) is 1. The number of aromatic nitrogens is 2. The number of nitrogens with zero attached hydrogens (tertiary/aromatic N) is 3. The summed E-state index contributed by atoms with van der Waals surface area (Å²) in [6.45, 7) is 1.34. The van der Waals surface area contributed by atoms with Crippen LogP contribution >= 0.6 is 0 Å². The highest BCUT2D eigenvalue weighted by atomic mass is 16.5. The highest BCUT2D eigenvalue weighted by Crippen LogP contribution is 2.31. The van der Waals surface area contributed by atoms with Gasteiger partial charge in [0.25, 0.3) is 0 Å². The number of piperidine rings is 1. The predicted octanol–water partition coefficient (Wildman–Crippen LogP) is 2.54. The number of carboxylic acid groups (broad SMARTS) is 1. The summed E-state index contributed by atoms with van der Waals surface area (Å²) in [6, 6.07) is 7.39. The largest absolute Gasteiger partial charge is 0.493 e. The van der Waals surface area contributed by atoms with Crippen LogP contribution in [0.3, 0.4) is 0 Å². The van der Waals surface area contributed by atoms with E-state index in [1.807, 2.05) is 24.3 Å². The molecular weight excluding hydrogens is 336 g/mol. The van der Waals surface area contributed by atoms with E-state index in [4.69, 9.17) is 14.6 Å². The van der Waals surface area contributed by atoms with Gasteiger partial charge in [-0.25, -0.2) is 9.97 Å². The van der Waals surface area contributed by atoms with Gasteiger partial charge in [-0.2, -0.15) is 0 Å². The summed E-state index contributed by atoms with van der Waals surface area (Å²) >= 11 is 0. The summed E-state index contributed by atoms with van der Waals surface area (Å²) in [7, 11) is 3.18. The predicted molar refractivity (Wildman–Crippen MR) is 97.4 cm³/mol. The van der Waals surface area contributed by atoms with Crippen molar-refractivity contribution in [1.82, 2.24) is 9.97 Å². The zero-order valence-corrected chi connectivity index (χ0v) is 14.8. The molecule has 2 aromatic rings. The molecule has 8 nitrogen and oxygen atoms in total. The van der Waals surface area contributed by atoms with E-state index in [-0.39, 0.29) is 5.92 Å². The Labute approximate surface area is 151 Å². The van der Waals surface area contributed by atoms with Crippen LogP contribution in [-0.2, 0) is 4.79 Å². The van der Waals surface area contributed by atoms with E-state index in [0.717, 1.165) is 11.5 Å². The highest BCUT2D eigenvalue weighted by Gasteiger charge is 2.25. The quantitative estimate of drug-likeness (QED) is 0.813. The lowest BCUT2D eigenvalue weighted by molar-refractivity contribution is -0.142. The fourth-order valence-corrected chi connectivity index (χ4v) is 3.01. The number of aliphatic carboxylic acids is 1. The van der Waals surface area contributed by atoms with Crippen molar-refractivity contribution in [2.45, 2.75) is 12.8 Å². The molecule has 0 aliphatic carbocycles. The van der Waals surface area contributed by atoms with Gasteiger partial charge in [-0.3, -0.25) is 4.79 Å². The van der Waals surface area contributed by atoms with Crippen molar-refractivity contribution >= 4 is 23.3 Å².